The van der Waals surface area contributed by atoms with Gasteiger partial charge in [0.1, 0.15) is 5.71 Å². The van der Waals surface area contributed by atoms with Crippen molar-refractivity contribution in [3.63, 3.8) is 0 Å². The molecule has 24 heavy (non-hydrogen) atoms. The molecule has 0 spiro atoms. The number of carbonyl (C=O) groups is 3. The van der Waals surface area contributed by atoms with E-state index < -0.39 is 18.5 Å². The van der Waals surface area contributed by atoms with Crippen LogP contribution < -0.4 is 5.43 Å². The Morgan fingerprint density at radius 3 is 2.67 bits per heavy atom. The van der Waals surface area contributed by atoms with Gasteiger partial charge in [0.25, 0.3) is 5.91 Å². The first kappa shape index (κ1) is 15.9. The molecule has 0 bridgehead atoms. The van der Waals surface area contributed by atoms with Crippen LogP contribution in [0.1, 0.15) is 24.8 Å². The summed E-state index contributed by atoms with van der Waals surface area (Å²) in [7, 11) is 0. The summed E-state index contributed by atoms with van der Waals surface area (Å²) >= 11 is 0. The predicted octanol–water partition coefficient (Wildman–Crippen LogP) is 0.432. The number of carbonyl (C=O) groups excluding carboxylic acids is 3. The molecule has 0 unspecified atom stereocenters. The van der Waals surface area contributed by atoms with Crippen LogP contribution in [0.4, 0.5) is 0 Å². The third-order valence-electron chi connectivity index (χ3n) is 3.66. The standard InChI is InChI=1S/C16H16N4O4/c21-14-7-6-13(17-18-14)16(23)24-10-15(22)20-9-8-12(19-20)11-4-2-1-3-5-11/h1-5H,6-10H2,(H,18,21). The minimum atomic E-state index is -0.699. The van der Waals surface area contributed by atoms with E-state index in [1.807, 2.05) is 30.3 Å². The highest BCUT2D eigenvalue weighted by atomic mass is 16.5. The van der Waals surface area contributed by atoms with E-state index in [9.17, 15) is 14.4 Å². The first-order valence-corrected chi connectivity index (χ1v) is 7.59. The Morgan fingerprint density at radius 1 is 1.17 bits per heavy atom. The number of nitrogens with one attached hydrogen (secondary N) is 1. The van der Waals surface area contributed by atoms with Crippen molar-refractivity contribution in [2.75, 3.05) is 13.2 Å². The number of nitrogens with zero attached hydrogens (tertiary/aromatic N) is 3. The zero-order chi connectivity index (χ0) is 16.9. The van der Waals surface area contributed by atoms with E-state index in [-0.39, 0.29) is 24.5 Å². The van der Waals surface area contributed by atoms with Crippen molar-refractivity contribution in [1.82, 2.24) is 10.4 Å². The van der Waals surface area contributed by atoms with Gasteiger partial charge in [-0.2, -0.15) is 10.2 Å². The summed E-state index contributed by atoms with van der Waals surface area (Å²) in [6, 6.07) is 9.60. The number of benzene rings is 1. The molecule has 8 heteroatoms. The van der Waals surface area contributed by atoms with Crippen LogP contribution in [0.15, 0.2) is 40.5 Å². The minimum Gasteiger partial charge on any atom is -0.451 e. The summed E-state index contributed by atoms with van der Waals surface area (Å²) in [5.41, 5.74) is 4.12. The number of hydrazone groups is 2. The summed E-state index contributed by atoms with van der Waals surface area (Å²) in [6.07, 6.45) is 1.04. The molecule has 1 N–H and O–H groups in total. The zero-order valence-corrected chi connectivity index (χ0v) is 12.9. The van der Waals surface area contributed by atoms with E-state index in [0.29, 0.717) is 13.0 Å². The normalized spacial score (nSPS) is 17.0. The van der Waals surface area contributed by atoms with Crippen LogP contribution >= 0.6 is 0 Å². The molecule has 0 saturated heterocycles. The summed E-state index contributed by atoms with van der Waals surface area (Å²) < 4.78 is 4.95. The number of esters is 1. The Hall–Kier alpha value is -3.03. The SMILES string of the molecule is O=C1CCC(C(=O)OCC(=O)N2CCC(c3ccccc3)=N2)=NN1. The molecular weight excluding hydrogens is 312 g/mol. The summed E-state index contributed by atoms with van der Waals surface area (Å²) in [6.45, 7) is 0.0506. The van der Waals surface area contributed by atoms with E-state index in [1.165, 1.54) is 5.01 Å². The van der Waals surface area contributed by atoms with Crippen LogP contribution in [0.2, 0.25) is 0 Å². The second-order valence-corrected chi connectivity index (χ2v) is 5.35. The fourth-order valence-corrected chi connectivity index (χ4v) is 2.38. The van der Waals surface area contributed by atoms with Crippen LogP contribution in [-0.4, -0.2) is 47.4 Å². The van der Waals surface area contributed by atoms with Gasteiger partial charge in [0.2, 0.25) is 5.91 Å². The number of amides is 2. The van der Waals surface area contributed by atoms with Crippen molar-refractivity contribution in [2.45, 2.75) is 19.3 Å². The Kier molecular flexibility index (Phi) is 4.64. The molecule has 0 atom stereocenters. The number of rotatable bonds is 4. The maximum Gasteiger partial charge on any atom is 0.355 e. The molecule has 0 radical (unpaired) electrons. The summed E-state index contributed by atoms with van der Waals surface area (Å²) in [4.78, 5) is 34.9. The summed E-state index contributed by atoms with van der Waals surface area (Å²) in [5.74, 6) is -1.34. The van der Waals surface area contributed by atoms with Crippen LogP contribution in [0.3, 0.4) is 0 Å². The fraction of sp³-hybridized carbons (Fsp3) is 0.312. The third kappa shape index (κ3) is 3.65. The number of ether oxygens (including phenoxy) is 1. The molecule has 8 nitrogen and oxygen atoms in total. The first-order chi connectivity index (χ1) is 11.6. The molecule has 3 rings (SSSR count). The largest absolute Gasteiger partial charge is 0.451 e. The Morgan fingerprint density at radius 2 is 1.96 bits per heavy atom. The van der Waals surface area contributed by atoms with Gasteiger partial charge in [-0.15, -0.1) is 0 Å². The monoisotopic (exact) mass is 328 g/mol. The highest BCUT2D eigenvalue weighted by Gasteiger charge is 2.24. The van der Waals surface area contributed by atoms with E-state index in [0.717, 1.165) is 11.3 Å². The van der Waals surface area contributed by atoms with Gasteiger partial charge in [0.15, 0.2) is 6.61 Å². The molecule has 0 aromatic heterocycles. The lowest BCUT2D eigenvalue weighted by molar-refractivity contribution is -0.146. The molecule has 2 aliphatic heterocycles. The molecule has 2 amide bonds. The molecule has 1 aromatic carbocycles. The van der Waals surface area contributed by atoms with Gasteiger partial charge in [-0.3, -0.25) is 9.59 Å². The van der Waals surface area contributed by atoms with Crippen LogP contribution in [0, 0.1) is 0 Å². The highest BCUT2D eigenvalue weighted by Crippen LogP contribution is 2.13. The van der Waals surface area contributed by atoms with Gasteiger partial charge in [-0.1, -0.05) is 30.3 Å². The van der Waals surface area contributed by atoms with Crippen molar-refractivity contribution < 1.29 is 19.1 Å². The van der Waals surface area contributed by atoms with Crippen molar-refractivity contribution >= 4 is 29.2 Å². The highest BCUT2D eigenvalue weighted by molar-refractivity contribution is 6.37. The third-order valence-corrected chi connectivity index (χ3v) is 3.66. The van der Waals surface area contributed by atoms with Crippen LogP contribution in [0.5, 0.6) is 0 Å². The molecular formula is C16H16N4O4. The van der Waals surface area contributed by atoms with Crippen molar-refractivity contribution in [3.05, 3.63) is 35.9 Å². The smallest absolute Gasteiger partial charge is 0.355 e. The first-order valence-electron chi connectivity index (χ1n) is 7.59. The van der Waals surface area contributed by atoms with Crippen LogP contribution in [-0.2, 0) is 19.1 Å². The van der Waals surface area contributed by atoms with E-state index in [1.54, 1.807) is 0 Å². The predicted molar refractivity (Wildman–Crippen MR) is 85.1 cm³/mol. The minimum absolute atomic E-state index is 0.109. The number of hydrogen-bond donors (Lipinski definition) is 1. The summed E-state index contributed by atoms with van der Waals surface area (Å²) in [5, 5.41) is 9.21. The lowest BCUT2D eigenvalue weighted by Gasteiger charge is -2.13. The van der Waals surface area contributed by atoms with E-state index >= 15 is 0 Å². The second kappa shape index (κ2) is 7.03. The zero-order valence-electron chi connectivity index (χ0n) is 12.9. The van der Waals surface area contributed by atoms with Gasteiger partial charge in [0.05, 0.1) is 12.3 Å². The molecule has 1 aromatic rings. The maximum absolute atomic E-state index is 12.1. The average molecular weight is 328 g/mol. The lowest BCUT2D eigenvalue weighted by atomic mass is 10.1. The van der Waals surface area contributed by atoms with Crippen molar-refractivity contribution in [2.24, 2.45) is 10.2 Å². The Bertz CT molecular complexity index is 727. The average Bonchev–Trinajstić information content (AvgIpc) is 3.11. The van der Waals surface area contributed by atoms with E-state index in [4.69, 9.17) is 4.74 Å². The molecule has 2 aliphatic rings. The van der Waals surface area contributed by atoms with Gasteiger partial charge in [-0.25, -0.2) is 15.2 Å². The van der Waals surface area contributed by atoms with Crippen LogP contribution in [0.25, 0.3) is 0 Å². The number of hydrogen-bond acceptors (Lipinski definition) is 6. The molecule has 0 saturated carbocycles. The Labute approximate surface area is 138 Å². The van der Waals surface area contributed by atoms with E-state index in [2.05, 4.69) is 15.6 Å². The van der Waals surface area contributed by atoms with Gasteiger partial charge >= 0.3 is 5.97 Å². The quantitative estimate of drug-likeness (QED) is 0.810. The maximum atomic E-state index is 12.1. The molecule has 2 heterocycles. The second-order valence-electron chi connectivity index (χ2n) is 5.35. The Balaban J connectivity index is 1.53. The molecule has 124 valence electrons. The van der Waals surface area contributed by atoms with Gasteiger partial charge in [0, 0.05) is 19.3 Å². The van der Waals surface area contributed by atoms with Crippen molar-refractivity contribution in [3.8, 4) is 0 Å². The fourth-order valence-electron chi connectivity index (χ4n) is 2.38. The molecule has 0 fully saturated rings. The molecule has 0 aliphatic carbocycles. The van der Waals surface area contributed by atoms with Gasteiger partial charge < -0.3 is 4.74 Å². The topological polar surface area (TPSA) is 100 Å². The lowest BCUT2D eigenvalue weighted by Crippen LogP contribution is -2.33. The van der Waals surface area contributed by atoms with Gasteiger partial charge in [-0.05, 0) is 5.56 Å². The van der Waals surface area contributed by atoms with Crippen molar-refractivity contribution in [1.29, 1.82) is 0 Å².